The fourth-order valence-corrected chi connectivity index (χ4v) is 3.79. The van der Waals surface area contributed by atoms with E-state index in [2.05, 4.69) is 13.0 Å². The molecule has 1 unspecified atom stereocenters. The lowest BCUT2D eigenvalue weighted by molar-refractivity contribution is -0.118. The molecule has 0 bridgehead atoms. The van der Waals surface area contributed by atoms with Gasteiger partial charge in [0.15, 0.2) is 5.78 Å². The van der Waals surface area contributed by atoms with Crippen LogP contribution < -0.4 is 4.90 Å². The minimum atomic E-state index is -0.116. The zero-order chi connectivity index (χ0) is 16.6. The first kappa shape index (κ1) is 15.8. The fraction of sp³-hybridized carbons (Fsp3) is 0.263. The van der Waals surface area contributed by atoms with E-state index in [1.165, 1.54) is 0 Å². The highest BCUT2D eigenvalue weighted by atomic mass is 32.2. The average molecular weight is 325 g/mol. The minimum absolute atomic E-state index is 0.0136. The number of ketones is 1. The minimum Gasteiger partial charge on any atom is -0.306 e. The Labute approximate surface area is 140 Å². The normalized spacial score (nSPS) is 17.1. The van der Waals surface area contributed by atoms with E-state index in [1.807, 2.05) is 48.2 Å². The van der Waals surface area contributed by atoms with Gasteiger partial charge in [0, 0.05) is 10.5 Å². The molecule has 0 aliphatic carbocycles. The first-order chi connectivity index (χ1) is 11.0. The van der Waals surface area contributed by atoms with Crippen molar-refractivity contribution in [2.45, 2.75) is 37.5 Å². The second-order valence-corrected chi connectivity index (χ2v) is 7.23. The van der Waals surface area contributed by atoms with Crippen LogP contribution in [0.4, 0.5) is 5.69 Å². The molecule has 1 aliphatic rings. The van der Waals surface area contributed by atoms with Gasteiger partial charge in [0.2, 0.25) is 5.91 Å². The number of thioether (sulfide) groups is 1. The molecule has 0 fully saturated rings. The van der Waals surface area contributed by atoms with Crippen LogP contribution in [0, 0.1) is 6.92 Å². The number of rotatable bonds is 3. The molecule has 4 heteroatoms. The van der Waals surface area contributed by atoms with Crippen molar-refractivity contribution in [3.05, 3.63) is 59.2 Å². The van der Waals surface area contributed by atoms with Crippen LogP contribution in [-0.2, 0) is 11.3 Å². The molecule has 118 valence electrons. The zero-order valence-electron chi connectivity index (χ0n) is 13.5. The molecular weight excluding hydrogens is 306 g/mol. The molecule has 2 aromatic carbocycles. The van der Waals surface area contributed by atoms with E-state index in [0.717, 1.165) is 21.7 Å². The van der Waals surface area contributed by atoms with Gasteiger partial charge < -0.3 is 4.90 Å². The van der Waals surface area contributed by atoms with Crippen LogP contribution in [0.5, 0.6) is 0 Å². The number of hydrogen-bond acceptors (Lipinski definition) is 3. The Morgan fingerprint density at radius 2 is 1.96 bits per heavy atom. The highest BCUT2D eigenvalue weighted by molar-refractivity contribution is 8.00. The van der Waals surface area contributed by atoms with E-state index in [0.29, 0.717) is 12.1 Å². The summed E-state index contributed by atoms with van der Waals surface area (Å²) in [5.41, 5.74) is 3.77. The summed E-state index contributed by atoms with van der Waals surface area (Å²) in [6.07, 6.45) is 0. The zero-order valence-corrected chi connectivity index (χ0v) is 14.3. The number of nitrogens with zero attached hydrogens (tertiary/aromatic N) is 1. The Bertz CT molecular complexity index is 785. The van der Waals surface area contributed by atoms with Gasteiger partial charge >= 0.3 is 0 Å². The molecular formula is C19H19NO2S. The van der Waals surface area contributed by atoms with Crippen molar-refractivity contribution in [2.75, 3.05) is 4.90 Å². The summed E-state index contributed by atoms with van der Waals surface area (Å²) in [5.74, 6) is 0.103. The van der Waals surface area contributed by atoms with Gasteiger partial charge in [-0.2, -0.15) is 0 Å². The highest BCUT2D eigenvalue weighted by Gasteiger charge is 2.31. The largest absolute Gasteiger partial charge is 0.306 e. The maximum Gasteiger partial charge on any atom is 0.240 e. The lowest BCUT2D eigenvalue weighted by Crippen LogP contribution is -2.39. The first-order valence-electron chi connectivity index (χ1n) is 7.65. The van der Waals surface area contributed by atoms with Crippen molar-refractivity contribution in [1.82, 2.24) is 0 Å². The van der Waals surface area contributed by atoms with Crippen LogP contribution in [0.15, 0.2) is 47.4 Å². The van der Waals surface area contributed by atoms with Crippen LogP contribution in [0.25, 0.3) is 0 Å². The Kier molecular flexibility index (Phi) is 4.26. The molecule has 2 aromatic rings. The number of fused-ring (bicyclic) bond motifs is 1. The van der Waals surface area contributed by atoms with Gasteiger partial charge in [-0.25, -0.2) is 0 Å². The molecule has 1 aliphatic heterocycles. The summed E-state index contributed by atoms with van der Waals surface area (Å²) in [6, 6.07) is 13.7. The van der Waals surface area contributed by atoms with Crippen LogP contribution in [-0.4, -0.2) is 16.9 Å². The van der Waals surface area contributed by atoms with Crippen LogP contribution in [0.1, 0.15) is 35.3 Å². The fourth-order valence-electron chi connectivity index (χ4n) is 2.75. The number of Topliss-reactive ketones (excluding diaryl/α,β-unsaturated/α-hetero) is 1. The van der Waals surface area contributed by atoms with E-state index in [-0.39, 0.29) is 16.9 Å². The van der Waals surface area contributed by atoms with Gasteiger partial charge in [0.05, 0.1) is 17.5 Å². The van der Waals surface area contributed by atoms with E-state index in [1.54, 1.807) is 18.7 Å². The molecule has 1 amide bonds. The van der Waals surface area contributed by atoms with Crippen molar-refractivity contribution in [2.24, 2.45) is 0 Å². The molecule has 1 atom stereocenters. The van der Waals surface area contributed by atoms with Crippen molar-refractivity contribution in [3.63, 3.8) is 0 Å². The van der Waals surface area contributed by atoms with E-state index in [4.69, 9.17) is 0 Å². The number of aryl methyl sites for hydroxylation is 1. The maximum atomic E-state index is 12.7. The van der Waals surface area contributed by atoms with Gasteiger partial charge in [0.1, 0.15) is 0 Å². The van der Waals surface area contributed by atoms with Crippen molar-refractivity contribution in [1.29, 1.82) is 0 Å². The lowest BCUT2D eigenvalue weighted by Gasteiger charge is -2.33. The maximum absolute atomic E-state index is 12.7. The number of benzene rings is 2. The second-order valence-electron chi connectivity index (χ2n) is 5.85. The summed E-state index contributed by atoms with van der Waals surface area (Å²) in [5, 5.41) is -0.116. The second kappa shape index (κ2) is 6.20. The third-order valence-electron chi connectivity index (χ3n) is 4.16. The van der Waals surface area contributed by atoms with Crippen LogP contribution >= 0.6 is 11.8 Å². The Morgan fingerprint density at radius 1 is 1.22 bits per heavy atom. The SMILES string of the molecule is CC(=O)c1ccc2c(c1)N(Cc1ccccc1C)C(=O)C(C)S2. The molecule has 23 heavy (non-hydrogen) atoms. The Hall–Kier alpha value is -2.07. The van der Waals surface area contributed by atoms with Gasteiger partial charge in [-0.3, -0.25) is 9.59 Å². The summed E-state index contributed by atoms with van der Waals surface area (Å²) >= 11 is 1.56. The summed E-state index contributed by atoms with van der Waals surface area (Å²) < 4.78 is 0. The molecule has 3 nitrogen and oxygen atoms in total. The number of carbonyl (C=O) groups excluding carboxylic acids is 2. The number of amides is 1. The standard InChI is InChI=1S/C19H19NO2S/c1-12-6-4-5-7-16(12)11-20-17-10-15(13(2)21)8-9-18(17)23-14(3)19(20)22/h4-10,14H,11H2,1-3H3. The third kappa shape index (κ3) is 3.04. The average Bonchev–Trinajstić information content (AvgIpc) is 2.53. The molecule has 1 heterocycles. The van der Waals surface area contributed by atoms with E-state index in [9.17, 15) is 9.59 Å². The summed E-state index contributed by atoms with van der Waals surface area (Å²) in [7, 11) is 0. The predicted octanol–water partition coefficient (Wildman–Crippen LogP) is 4.23. The molecule has 0 spiro atoms. The van der Waals surface area contributed by atoms with Crippen molar-refractivity contribution >= 4 is 29.1 Å². The smallest absolute Gasteiger partial charge is 0.240 e. The monoisotopic (exact) mass is 325 g/mol. The molecule has 3 rings (SSSR count). The molecule has 0 saturated carbocycles. The Morgan fingerprint density at radius 3 is 2.65 bits per heavy atom. The van der Waals surface area contributed by atoms with Gasteiger partial charge in [-0.15, -0.1) is 11.8 Å². The topological polar surface area (TPSA) is 37.4 Å². The molecule has 0 radical (unpaired) electrons. The van der Waals surface area contributed by atoms with Crippen molar-refractivity contribution < 1.29 is 9.59 Å². The summed E-state index contributed by atoms with van der Waals surface area (Å²) in [4.78, 5) is 27.3. The molecule has 0 saturated heterocycles. The predicted molar refractivity (Wildman–Crippen MR) is 94.1 cm³/mol. The quantitative estimate of drug-likeness (QED) is 0.793. The number of hydrogen-bond donors (Lipinski definition) is 0. The molecule has 0 aromatic heterocycles. The van der Waals surface area contributed by atoms with E-state index < -0.39 is 0 Å². The first-order valence-corrected chi connectivity index (χ1v) is 8.53. The van der Waals surface area contributed by atoms with Crippen LogP contribution in [0.2, 0.25) is 0 Å². The summed E-state index contributed by atoms with van der Waals surface area (Å²) in [6.45, 7) is 6.06. The van der Waals surface area contributed by atoms with Gasteiger partial charge in [-0.1, -0.05) is 30.3 Å². The van der Waals surface area contributed by atoms with E-state index >= 15 is 0 Å². The number of anilines is 1. The highest BCUT2D eigenvalue weighted by Crippen LogP contribution is 2.40. The van der Waals surface area contributed by atoms with Crippen LogP contribution in [0.3, 0.4) is 0 Å². The van der Waals surface area contributed by atoms with Crippen molar-refractivity contribution in [3.8, 4) is 0 Å². The van der Waals surface area contributed by atoms with Gasteiger partial charge in [-0.05, 0) is 44.0 Å². The third-order valence-corrected chi connectivity index (χ3v) is 5.32. The Balaban J connectivity index is 2.05. The van der Waals surface area contributed by atoms with Gasteiger partial charge in [0.25, 0.3) is 0 Å². The molecule has 0 N–H and O–H groups in total. The lowest BCUT2D eigenvalue weighted by atomic mass is 10.1. The number of carbonyl (C=O) groups is 2.